The zero-order chi connectivity index (χ0) is 23.8. The van der Waals surface area contributed by atoms with Gasteiger partial charge in [-0.1, -0.05) is 11.6 Å². The van der Waals surface area contributed by atoms with Crippen molar-refractivity contribution in [1.82, 2.24) is 13.9 Å². The number of hydrogen-bond acceptors (Lipinski definition) is 5. The van der Waals surface area contributed by atoms with Crippen LogP contribution in [0.2, 0.25) is 5.02 Å². The van der Waals surface area contributed by atoms with Crippen molar-refractivity contribution in [1.29, 1.82) is 0 Å². The number of pyridine rings is 1. The number of benzene rings is 1. The van der Waals surface area contributed by atoms with E-state index >= 15 is 0 Å². The van der Waals surface area contributed by atoms with E-state index in [1.54, 1.807) is 16.7 Å². The Morgan fingerprint density at radius 1 is 1.24 bits per heavy atom. The molecule has 0 unspecified atom stereocenters. The zero-order valence-electron chi connectivity index (χ0n) is 18.4. The molecule has 3 aromatic rings. The first kappa shape index (κ1) is 23.5. The van der Waals surface area contributed by atoms with Crippen molar-refractivity contribution in [2.45, 2.75) is 50.2 Å². The number of aromatic nitrogens is 2. The van der Waals surface area contributed by atoms with E-state index in [9.17, 15) is 18.3 Å². The van der Waals surface area contributed by atoms with Gasteiger partial charge in [-0.15, -0.1) is 0 Å². The van der Waals surface area contributed by atoms with Crippen LogP contribution in [0.3, 0.4) is 0 Å². The minimum atomic E-state index is -3.66. The van der Waals surface area contributed by atoms with Gasteiger partial charge in [0.2, 0.25) is 15.9 Å². The van der Waals surface area contributed by atoms with Gasteiger partial charge in [0.05, 0.1) is 12.3 Å². The summed E-state index contributed by atoms with van der Waals surface area (Å²) < 4.78 is 34.9. The van der Waals surface area contributed by atoms with Crippen molar-refractivity contribution in [2.75, 3.05) is 13.1 Å². The number of sulfonamides is 1. The van der Waals surface area contributed by atoms with Crippen LogP contribution in [0.1, 0.15) is 38.2 Å². The third-order valence-corrected chi connectivity index (χ3v) is 7.89. The van der Waals surface area contributed by atoms with Gasteiger partial charge in [0, 0.05) is 41.3 Å². The van der Waals surface area contributed by atoms with Gasteiger partial charge in [-0.25, -0.2) is 13.4 Å². The SMILES string of the molecule is CC(C)Oc1ccc(S(=O)(=O)N2CCC(c3cn(CC(=O)O)c4ccc(Cl)cc34)CC2)cn1. The topological polar surface area (TPSA) is 102 Å². The number of carbonyl (C=O) groups is 1. The molecule has 1 aromatic carbocycles. The lowest BCUT2D eigenvalue weighted by atomic mass is 9.90. The quantitative estimate of drug-likeness (QED) is 0.533. The van der Waals surface area contributed by atoms with Crippen LogP contribution in [-0.2, 0) is 21.4 Å². The van der Waals surface area contributed by atoms with E-state index in [4.69, 9.17) is 16.3 Å². The Morgan fingerprint density at radius 3 is 2.58 bits per heavy atom. The summed E-state index contributed by atoms with van der Waals surface area (Å²) in [6, 6.07) is 8.50. The van der Waals surface area contributed by atoms with Crippen LogP contribution in [-0.4, -0.2) is 52.5 Å². The van der Waals surface area contributed by atoms with Crippen LogP contribution < -0.4 is 4.74 Å². The largest absolute Gasteiger partial charge is 0.480 e. The lowest BCUT2D eigenvalue weighted by Crippen LogP contribution is -2.37. The van der Waals surface area contributed by atoms with Crippen molar-refractivity contribution in [3.63, 3.8) is 0 Å². The van der Waals surface area contributed by atoms with Gasteiger partial charge in [0.15, 0.2) is 0 Å². The zero-order valence-corrected chi connectivity index (χ0v) is 20.0. The normalized spacial score (nSPS) is 15.9. The van der Waals surface area contributed by atoms with E-state index in [0.29, 0.717) is 36.8 Å². The number of carboxylic acid groups (broad SMARTS) is 1. The van der Waals surface area contributed by atoms with E-state index < -0.39 is 16.0 Å². The van der Waals surface area contributed by atoms with Gasteiger partial charge < -0.3 is 14.4 Å². The Bertz CT molecular complexity index is 1260. The molecule has 1 saturated heterocycles. The summed E-state index contributed by atoms with van der Waals surface area (Å²) in [7, 11) is -3.66. The predicted molar refractivity (Wildman–Crippen MR) is 125 cm³/mol. The van der Waals surface area contributed by atoms with Crippen molar-refractivity contribution < 1.29 is 23.1 Å². The van der Waals surface area contributed by atoms with Crippen LogP contribution in [0.5, 0.6) is 5.88 Å². The summed E-state index contributed by atoms with van der Waals surface area (Å²) in [6.45, 7) is 4.34. The number of halogens is 1. The molecule has 33 heavy (non-hydrogen) atoms. The second-order valence-electron chi connectivity index (χ2n) is 8.44. The second kappa shape index (κ2) is 9.32. The first-order valence-corrected chi connectivity index (χ1v) is 12.6. The monoisotopic (exact) mass is 491 g/mol. The van der Waals surface area contributed by atoms with Gasteiger partial charge in [0.25, 0.3) is 0 Å². The van der Waals surface area contributed by atoms with Gasteiger partial charge >= 0.3 is 5.97 Å². The number of piperidine rings is 1. The molecular weight excluding hydrogens is 466 g/mol. The lowest BCUT2D eigenvalue weighted by Gasteiger charge is -2.31. The fourth-order valence-corrected chi connectivity index (χ4v) is 5.87. The summed E-state index contributed by atoms with van der Waals surface area (Å²) in [5.74, 6) is -0.431. The lowest BCUT2D eigenvalue weighted by molar-refractivity contribution is -0.137. The predicted octanol–water partition coefficient (Wildman–Crippen LogP) is 4.13. The summed E-state index contributed by atoms with van der Waals surface area (Å²) >= 11 is 6.21. The number of carboxylic acids is 1. The van der Waals surface area contributed by atoms with Crippen molar-refractivity contribution in [3.05, 3.63) is 53.3 Å². The van der Waals surface area contributed by atoms with Gasteiger partial charge in [-0.05, 0) is 62.4 Å². The summed E-state index contributed by atoms with van der Waals surface area (Å²) in [6.07, 6.45) is 4.40. The van der Waals surface area contributed by atoms with Crippen molar-refractivity contribution in [3.8, 4) is 5.88 Å². The molecule has 10 heteroatoms. The highest BCUT2D eigenvalue weighted by atomic mass is 35.5. The third kappa shape index (κ3) is 5.00. The minimum Gasteiger partial charge on any atom is -0.480 e. The summed E-state index contributed by atoms with van der Waals surface area (Å²) in [5, 5.41) is 10.7. The van der Waals surface area contributed by atoms with E-state index in [2.05, 4.69) is 4.98 Å². The molecule has 1 aliphatic heterocycles. The first-order valence-electron chi connectivity index (χ1n) is 10.8. The highest BCUT2D eigenvalue weighted by Gasteiger charge is 2.31. The maximum absolute atomic E-state index is 13.1. The number of fused-ring (bicyclic) bond motifs is 1. The molecule has 0 saturated carbocycles. The van der Waals surface area contributed by atoms with E-state index in [-0.39, 0.29) is 23.5 Å². The number of nitrogens with zero attached hydrogens (tertiary/aromatic N) is 3. The molecule has 2 aromatic heterocycles. The molecule has 176 valence electrons. The fourth-order valence-electron chi connectivity index (χ4n) is 4.29. The maximum atomic E-state index is 13.1. The third-order valence-electron chi connectivity index (χ3n) is 5.78. The van der Waals surface area contributed by atoms with Gasteiger partial charge in [-0.3, -0.25) is 4.79 Å². The summed E-state index contributed by atoms with van der Waals surface area (Å²) in [4.78, 5) is 15.6. The number of aliphatic carboxylic acids is 1. The van der Waals surface area contributed by atoms with Gasteiger partial charge in [-0.2, -0.15) is 4.31 Å². The first-order chi connectivity index (χ1) is 15.6. The Labute approximate surface area is 197 Å². The van der Waals surface area contributed by atoms with E-state index in [1.807, 2.05) is 32.2 Å². The molecule has 0 radical (unpaired) electrons. The smallest absolute Gasteiger partial charge is 0.323 e. The fraction of sp³-hybridized carbons (Fsp3) is 0.391. The highest BCUT2D eigenvalue weighted by Crippen LogP contribution is 2.37. The van der Waals surface area contributed by atoms with Crippen LogP contribution >= 0.6 is 11.6 Å². The molecule has 0 bridgehead atoms. The minimum absolute atomic E-state index is 0.0460. The Balaban J connectivity index is 1.52. The molecule has 0 amide bonds. The van der Waals surface area contributed by atoms with Crippen LogP contribution in [0.4, 0.5) is 0 Å². The molecular formula is C23H26ClN3O5S. The molecule has 3 heterocycles. The van der Waals surface area contributed by atoms with Gasteiger partial charge in [0.1, 0.15) is 11.4 Å². The number of rotatable bonds is 7. The standard InChI is InChI=1S/C23H26ClN3O5S/c1-15(2)32-22-6-4-18(12-25-22)33(30,31)27-9-7-16(8-10-27)20-13-26(14-23(28)29)21-5-3-17(24)11-19(20)21/h3-6,11-13,15-16H,7-10,14H2,1-2H3,(H,28,29). The van der Waals surface area contributed by atoms with Crippen LogP contribution in [0.15, 0.2) is 47.6 Å². The molecule has 0 atom stereocenters. The molecule has 0 aliphatic carbocycles. The van der Waals surface area contributed by atoms with Crippen molar-refractivity contribution in [2.24, 2.45) is 0 Å². The molecule has 1 fully saturated rings. The highest BCUT2D eigenvalue weighted by molar-refractivity contribution is 7.89. The average Bonchev–Trinajstić information content (AvgIpc) is 3.10. The molecule has 1 N–H and O–H groups in total. The van der Waals surface area contributed by atoms with E-state index in [0.717, 1.165) is 16.5 Å². The number of hydrogen-bond donors (Lipinski definition) is 1. The second-order valence-corrected chi connectivity index (χ2v) is 10.8. The Hall–Kier alpha value is -2.62. The van der Waals surface area contributed by atoms with Crippen LogP contribution in [0, 0.1) is 0 Å². The summed E-state index contributed by atoms with van der Waals surface area (Å²) in [5.41, 5.74) is 1.81. The molecule has 0 spiro atoms. The van der Waals surface area contributed by atoms with Crippen LogP contribution in [0.25, 0.3) is 10.9 Å². The average molecular weight is 492 g/mol. The number of ether oxygens (including phenoxy) is 1. The maximum Gasteiger partial charge on any atom is 0.323 e. The van der Waals surface area contributed by atoms with E-state index in [1.165, 1.54) is 16.6 Å². The molecule has 8 nitrogen and oxygen atoms in total. The molecule has 4 rings (SSSR count). The van der Waals surface area contributed by atoms with Crippen molar-refractivity contribution >= 4 is 38.5 Å². The Morgan fingerprint density at radius 2 is 1.97 bits per heavy atom. The molecule has 1 aliphatic rings. The Kier molecular flexibility index (Phi) is 6.65.